The van der Waals surface area contributed by atoms with E-state index in [0.29, 0.717) is 12.6 Å². The van der Waals surface area contributed by atoms with Gasteiger partial charge in [0.15, 0.2) is 0 Å². The van der Waals surface area contributed by atoms with E-state index in [-0.39, 0.29) is 5.91 Å². The number of hydrogen-bond donors (Lipinski definition) is 1. The maximum atomic E-state index is 11.4. The normalized spacial score (nSPS) is 20.8. The fourth-order valence-electron chi connectivity index (χ4n) is 2.14. The Labute approximate surface area is 107 Å². The first kappa shape index (κ1) is 12.4. The Balaban J connectivity index is 2.06. The topological polar surface area (TPSA) is 32.3 Å². The third-order valence-electron chi connectivity index (χ3n) is 3.31. The van der Waals surface area contributed by atoms with Crippen molar-refractivity contribution in [1.82, 2.24) is 10.2 Å². The summed E-state index contributed by atoms with van der Waals surface area (Å²) in [6, 6.07) is 6.29. The predicted molar refractivity (Wildman–Crippen MR) is 69.3 cm³/mol. The van der Waals surface area contributed by atoms with Gasteiger partial charge in [0.1, 0.15) is 0 Å². The highest BCUT2D eigenvalue weighted by molar-refractivity contribution is 6.31. The number of nitrogens with zero attached hydrogens (tertiary/aromatic N) is 1. The molecule has 1 N–H and O–H groups in total. The summed E-state index contributed by atoms with van der Waals surface area (Å²) in [5.41, 5.74) is 2.38. The van der Waals surface area contributed by atoms with Crippen LogP contribution in [-0.4, -0.2) is 37.0 Å². The minimum absolute atomic E-state index is 0.157. The highest BCUT2D eigenvalue weighted by Crippen LogP contribution is 2.20. The van der Waals surface area contributed by atoms with Crippen molar-refractivity contribution in [3.63, 3.8) is 0 Å². The molecule has 2 rings (SSSR count). The summed E-state index contributed by atoms with van der Waals surface area (Å²) in [6.45, 7) is 3.22. The minimum atomic E-state index is 0.157. The number of likely N-dealkylation sites (N-methyl/N-ethyl adjacent to an activating group) is 1. The fraction of sp³-hybridized carbons (Fsp3) is 0.462. The molecule has 4 heteroatoms. The Morgan fingerprint density at radius 1 is 1.53 bits per heavy atom. The molecule has 1 heterocycles. The van der Waals surface area contributed by atoms with Crippen molar-refractivity contribution in [2.24, 2.45) is 0 Å². The van der Waals surface area contributed by atoms with Crippen molar-refractivity contribution in [2.45, 2.75) is 19.4 Å². The second-order valence-corrected chi connectivity index (χ2v) is 4.99. The van der Waals surface area contributed by atoms with Gasteiger partial charge >= 0.3 is 0 Å². The van der Waals surface area contributed by atoms with Crippen LogP contribution in [0.5, 0.6) is 0 Å². The summed E-state index contributed by atoms with van der Waals surface area (Å²) in [7, 11) is 1.85. The van der Waals surface area contributed by atoms with Crippen LogP contribution < -0.4 is 5.32 Å². The van der Waals surface area contributed by atoms with Gasteiger partial charge in [-0.15, -0.1) is 0 Å². The molecular formula is C13H17ClN2O. The largest absolute Gasteiger partial charge is 0.343 e. The van der Waals surface area contributed by atoms with Crippen LogP contribution in [-0.2, 0) is 11.2 Å². The highest BCUT2D eigenvalue weighted by atomic mass is 35.5. The van der Waals surface area contributed by atoms with Crippen molar-refractivity contribution in [3.05, 3.63) is 34.3 Å². The second-order valence-electron chi connectivity index (χ2n) is 4.58. The van der Waals surface area contributed by atoms with Gasteiger partial charge in [-0.25, -0.2) is 0 Å². The molecule has 1 atom stereocenters. The standard InChI is InChI=1S/C13H17ClN2O/c1-9-10(4-3-5-12(9)14)6-11-8-16(2)13(17)7-15-11/h3-5,11,15H,6-8H2,1-2H3. The predicted octanol–water partition coefficient (Wildman–Crippen LogP) is 1.62. The number of benzene rings is 1. The lowest BCUT2D eigenvalue weighted by Crippen LogP contribution is -2.53. The van der Waals surface area contributed by atoms with Crippen LogP contribution >= 0.6 is 11.6 Å². The third kappa shape index (κ3) is 2.79. The molecule has 0 bridgehead atoms. The Morgan fingerprint density at radius 3 is 3.00 bits per heavy atom. The van der Waals surface area contributed by atoms with Crippen LogP contribution in [0.15, 0.2) is 18.2 Å². The lowest BCUT2D eigenvalue weighted by atomic mass is 10.00. The van der Waals surface area contributed by atoms with Gasteiger partial charge in [-0.05, 0) is 30.5 Å². The van der Waals surface area contributed by atoms with Crippen LogP contribution in [0, 0.1) is 6.92 Å². The van der Waals surface area contributed by atoms with Crippen molar-refractivity contribution in [3.8, 4) is 0 Å². The molecule has 0 aromatic heterocycles. The number of hydrogen-bond acceptors (Lipinski definition) is 2. The smallest absolute Gasteiger partial charge is 0.236 e. The van der Waals surface area contributed by atoms with Crippen LogP contribution in [0.25, 0.3) is 0 Å². The lowest BCUT2D eigenvalue weighted by Gasteiger charge is -2.31. The van der Waals surface area contributed by atoms with Crippen molar-refractivity contribution < 1.29 is 4.79 Å². The average molecular weight is 253 g/mol. The van der Waals surface area contributed by atoms with Gasteiger partial charge in [0.05, 0.1) is 6.54 Å². The molecule has 3 nitrogen and oxygen atoms in total. The molecule has 1 amide bonds. The summed E-state index contributed by atoms with van der Waals surface area (Å²) in [5.74, 6) is 0.157. The summed E-state index contributed by atoms with van der Waals surface area (Å²) in [5, 5.41) is 4.07. The van der Waals surface area contributed by atoms with Crippen LogP contribution in [0.1, 0.15) is 11.1 Å². The third-order valence-corrected chi connectivity index (χ3v) is 3.72. The SMILES string of the molecule is Cc1c(Cl)cccc1CC1CN(C)C(=O)CN1. The molecule has 17 heavy (non-hydrogen) atoms. The number of carbonyl (C=O) groups excluding carboxylic acids is 1. The van der Waals surface area contributed by atoms with E-state index in [4.69, 9.17) is 11.6 Å². The molecule has 0 aliphatic carbocycles. The Kier molecular flexibility index (Phi) is 3.69. The first-order chi connectivity index (χ1) is 8.08. The molecule has 1 unspecified atom stereocenters. The van der Waals surface area contributed by atoms with Gasteiger partial charge in [0.25, 0.3) is 0 Å². The molecule has 1 aromatic carbocycles. The van der Waals surface area contributed by atoms with Gasteiger partial charge in [-0.1, -0.05) is 23.7 Å². The number of piperazine rings is 1. The fourth-order valence-corrected chi connectivity index (χ4v) is 2.33. The van der Waals surface area contributed by atoms with Gasteiger partial charge < -0.3 is 10.2 Å². The van der Waals surface area contributed by atoms with E-state index in [1.807, 2.05) is 26.1 Å². The Hall–Kier alpha value is -1.06. The van der Waals surface area contributed by atoms with E-state index in [2.05, 4.69) is 11.4 Å². The molecule has 92 valence electrons. The molecule has 1 aliphatic rings. The number of carbonyl (C=O) groups is 1. The number of amides is 1. The molecule has 0 radical (unpaired) electrons. The number of rotatable bonds is 2. The van der Waals surface area contributed by atoms with Crippen molar-refractivity contribution in [2.75, 3.05) is 20.1 Å². The minimum Gasteiger partial charge on any atom is -0.343 e. The first-order valence-electron chi connectivity index (χ1n) is 5.79. The Bertz CT molecular complexity index is 433. The van der Waals surface area contributed by atoms with Gasteiger partial charge in [0.2, 0.25) is 5.91 Å². The summed E-state index contributed by atoms with van der Waals surface area (Å²) < 4.78 is 0. The van der Waals surface area contributed by atoms with Gasteiger partial charge in [0, 0.05) is 24.7 Å². The zero-order valence-electron chi connectivity index (χ0n) is 10.2. The maximum Gasteiger partial charge on any atom is 0.236 e. The molecule has 1 saturated heterocycles. The highest BCUT2D eigenvalue weighted by Gasteiger charge is 2.22. The quantitative estimate of drug-likeness (QED) is 0.868. The number of nitrogens with one attached hydrogen (secondary N) is 1. The molecule has 0 saturated carbocycles. The van der Waals surface area contributed by atoms with E-state index in [1.54, 1.807) is 4.90 Å². The summed E-state index contributed by atoms with van der Waals surface area (Å²) in [6.07, 6.45) is 0.907. The van der Waals surface area contributed by atoms with Crippen LogP contribution in [0.4, 0.5) is 0 Å². The van der Waals surface area contributed by atoms with Crippen LogP contribution in [0.3, 0.4) is 0 Å². The van der Waals surface area contributed by atoms with E-state index in [0.717, 1.165) is 23.6 Å². The summed E-state index contributed by atoms with van der Waals surface area (Å²) in [4.78, 5) is 13.1. The van der Waals surface area contributed by atoms with E-state index in [9.17, 15) is 4.79 Å². The average Bonchev–Trinajstić information content (AvgIpc) is 2.30. The second kappa shape index (κ2) is 5.07. The first-order valence-corrected chi connectivity index (χ1v) is 6.17. The zero-order chi connectivity index (χ0) is 12.4. The molecule has 1 fully saturated rings. The molecule has 0 spiro atoms. The molecular weight excluding hydrogens is 236 g/mol. The van der Waals surface area contributed by atoms with Gasteiger partial charge in [-0.3, -0.25) is 4.79 Å². The monoisotopic (exact) mass is 252 g/mol. The molecule has 1 aliphatic heterocycles. The summed E-state index contributed by atoms with van der Waals surface area (Å²) >= 11 is 6.10. The van der Waals surface area contributed by atoms with E-state index >= 15 is 0 Å². The van der Waals surface area contributed by atoms with Crippen LogP contribution in [0.2, 0.25) is 5.02 Å². The number of halogens is 1. The van der Waals surface area contributed by atoms with Crippen molar-refractivity contribution >= 4 is 17.5 Å². The zero-order valence-corrected chi connectivity index (χ0v) is 10.9. The lowest BCUT2D eigenvalue weighted by molar-refractivity contribution is -0.131. The van der Waals surface area contributed by atoms with Gasteiger partial charge in [-0.2, -0.15) is 0 Å². The molecule has 1 aromatic rings. The maximum absolute atomic E-state index is 11.4. The Morgan fingerprint density at radius 2 is 2.29 bits per heavy atom. The van der Waals surface area contributed by atoms with Crippen molar-refractivity contribution in [1.29, 1.82) is 0 Å². The van der Waals surface area contributed by atoms with E-state index in [1.165, 1.54) is 5.56 Å². The van der Waals surface area contributed by atoms with E-state index < -0.39 is 0 Å².